The Balaban J connectivity index is 1.29. The highest BCUT2D eigenvalue weighted by Gasteiger charge is 2.51. The molecule has 0 aliphatic heterocycles. The topological polar surface area (TPSA) is 101 Å². The van der Waals surface area contributed by atoms with Gasteiger partial charge in [-0.2, -0.15) is 4.39 Å². The van der Waals surface area contributed by atoms with Crippen LogP contribution in [-0.2, 0) is 9.59 Å². The number of nitrogens with zero attached hydrogens (tertiary/aromatic N) is 1. The van der Waals surface area contributed by atoms with Gasteiger partial charge in [0.2, 0.25) is 17.6 Å². The Bertz CT molecular complexity index is 790. The van der Waals surface area contributed by atoms with E-state index in [0.717, 1.165) is 49.1 Å². The molecule has 0 saturated heterocycles. The van der Waals surface area contributed by atoms with E-state index in [1.54, 1.807) is 0 Å². The van der Waals surface area contributed by atoms with Gasteiger partial charge in [-0.25, -0.2) is 0 Å². The summed E-state index contributed by atoms with van der Waals surface area (Å²) in [6.07, 6.45) is 7.77. The van der Waals surface area contributed by atoms with Crippen molar-refractivity contribution in [2.75, 3.05) is 11.9 Å². The van der Waals surface area contributed by atoms with E-state index >= 15 is 0 Å². The Kier molecular flexibility index (Phi) is 4.81. The third-order valence-electron chi connectivity index (χ3n) is 6.57. The van der Waals surface area contributed by atoms with Gasteiger partial charge in [0.1, 0.15) is 0 Å². The number of hydrogen-bond acceptors (Lipinski definition) is 4. The lowest BCUT2D eigenvalue weighted by atomic mass is 9.49. The Morgan fingerprint density at radius 1 is 1.11 bits per heavy atom. The minimum absolute atomic E-state index is 0.104. The third-order valence-corrected chi connectivity index (χ3v) is 6.57. The number of rotatable bonds is 6. The van der Waals surface area contributed by atoms with Crippen molar-refractivity contribution < 1.29 is 18.9 Å². The number of carbonyl (C=O) groups excluding carboxylic acids is 2. The summed E-state index contributed by atoms with van der Waals surface area (Å²) in [6.45, 7) is -0.212. The molecule has 0 spiro atoms. The molecule has 1 aromatic rings. The zero-order valence-electron chi connectivity index (χ0n) is 15.6. The second kappa shape index (κ2) is 7.14. The first-order valence-electron chi connectivity index (χ1n) is 9.82. The van der Waals surface area contributed by atoms with Crippen molar-refractivity contribution >= 4 is 23.2 Å². The molecule has 7 nitrogen and oxygen atoms in total. The number of hydrogen-bond donors (Lipinski definition) is 2. The molecule has 8 heteroatoms. The molecule has 28 heavy (non-hydrogen) atoms. The van der Waals surface area contributed by atoms with Crippen molar-refractivity contribution in [3.63, 3.8) is 0 Å². The fourth-order valence-electron chi connectivity index (χ4n) is 6.02. The Labute approximate surface area is 162 Å². The predicted molar refractivity (Wildman–Crippen MR) is 99.9 cm³/mol. The highest BCUT2D eigenvalue weighted by Crippen LogP contribution is 2.61. The van der Waals surface area contributed by atoms with Crippen molar-refractivity contribution in [1.82, 2.24) is 5.32 Å². The molecule has 2 N–H and O–H groups in total. The number of nitrogens with one attached hydrogen (secondary N) is 2. The van der Waals surface area contributed by atoms with Crippen molar-refractivity contribution in [2.45, 2.75) is 44.9 Å². The maximum atomic E-state index is 13.4. The van der Waals surface area contributed by atoms with E-state index in [-0.39, 0.29) is 23.6 Å². The van der Waals surface area contributed by atoms with E-state index in [1.807, 2.05) is 0 Å². The number of carbonyl (C=O) groups is 2. The quantitative estimate of drug-likeness (QED) is 0.575. The molecular weight excluding hydrogens is 365 g/mol. The minimum atomic E-state index is -0.966. The molecule has 4 saturated carbocycles. The summed E-state index contributed by atoms with van der Waals surface area (Å²) < 4.78 is 13.4. The lowest BCUT2D eigenvalue weighted by Crippen LogP contribution is -2.48. The molecule has 0 heterocycles. The molecule has 0 unspecified atom stereocenters. The number of amides is 2. The zero-order valence-corrected chi connectivity index (χ0v) is 15.6. The average molecular weight is 389 g/mol. The summed E-state index contributed by atoms with van der Waals surface area (Å²) in [5, 5.41) is 15.9. The van der Waals surface area contributed by atoms with Gasteiger partial charge in [-0.05, 0) is 73.8 Å². The Hall–Kier alpha value is -2.51. The SMILES string of the molecule is O=C(CC12CC3CC(CC(C3)C1)C2)NCC(=O)Nc1ccc(F)c([N+](=O)[O-])c1. The fraction of sp³-hybridized carbons (Fsp3) is 0.600. The van der Waals surface area contributed by atoms with Gasteiger partial charge in [0, 0.05) is 18.2 Å². The molecule has 4 aliphatic rings. The molecular formula is C20H24FN3O4. The first-order valence-corrected chi connectivity index (χ1v) is 9.82. The largest absolute Gasteiger partial charge is 0.347 e. The fourth-order valence-corrected chi connectivity index (χ4v) is 6.02. The monoisotopic (exact) mass is 389 g/mol. The lowest BCUT2D eigenvalue weighted by Gasteiger charge is -2.56. The molecule has 1 aromatic carbocycles. The summed E-state index contributed by atoms with van der Waals surface area (Å²) >= 11 is 0. The smallest absolute Gasteiger partial charge is 0.306 e. The van der Waals surface area contributed by atoms with Crippen LogP contribution in [0.1, 0.15) is 44.9 Å². The maximum absolute atomic E-state index is 13.4. The number of halogens is 1. The molecule has 0 atom stereocenters. The summed E-state index contributed by atoms with van der Waals surface area (Å²) in [6, 6.07) is 3.14. The first-order chi connectivity index (χ1) is 13.3. The zero-order chi connectivity index (χ0) is 19.9. The van der Waals surface area contributed by atoms with Gasteiger partial charge < -0.3 is 10.6 Å². The molecule has 0 radical (unpaired) electrons. The molecule has 4 fully saturated rings. The minimum Gasteiger partial charge on any atom is -0.347 e. The van der Waals surface area contributed by atoms with E-state index in [9.17, 15) is 24.1 Å². The van der Waals surface area contributed by atoms with Crippen molar-refractivity contribution in [3.8, 4) is 0 Å². The second-order valence-electron chi connectivity index (χ2n) is 8.84. The molecule has 2 amide bonds. The lowest BCUT2D eigenvalue weighted by molar-refractivity contribution is -0.387. The highest BCUT2D eigenvalue weighted by molar-refractivity contribution is 5.94. The van der Waals surface area contributed by atoms with Crippen LogP contribution >= 0.6 is 0 Å². The van der Waals surface area contributed by atoms with Crippen LogP contribution in [0.25, 0.3) is 0 Å². The van der Waals surface area contributed by atoms with Crippen LogP contribution < -0.4 is 10.6 Å². The van der Waals surface area contributed by atoms with Gasteiger partial charge in [0.05, 0.1) is 11.5 Å². The van der Waals surface area contributed by atoms with Gasteiger partial charge in [-0.3, -0.25) is 19.7 Å². The van der Waals surface area contributed by atoms with Crippen LogP contribution in [0.3, 0.4) is 0 Å². The third kappa shape index (κ3) is 3.86. The molecule has 5 rings (SSSR count). The number of nitro groups is 1. The number of nitro benzene ring substituents is 1. The Morgan fingerprint density at radius 3 is 2.29 bits per heavy atom. The maximum Gasteiger partial charge on any atom is 0.306 e. The first kappa shape index (κ1) is 18.8. The van der Waals surface area contributed by atoms with Gasteiger partial charge >= 0.3 is 5.69 Å². The van der Waals surface area contributed by atoms with Crippen LogP contribution in [0.2, 0.25) is 0 Å². The van der Waals surface area contributed by atoms with E-state index in [1.165, 1.54) is 25.3 Å². The normalized spacial score (nSPS) is 30.1. The van der Waals surface area contributed by atoms with Crippen LogP contribution in [-0.4, -0.2) is 23.3 Å². The second-order valence-corrected chi connectivity index (χ2v) is 8.84. The number of benzene rings is 1. The van der Waals surface area contributed by atoms with Crippen LogP contribution in [0.15, 0.2) is 18.2 Å². The standard InChI is InChI=1S/C20H24FN3O4/c21-16-2-1-15(6-17(16)24(27)28)23-19(26)11-22-18(25)10-20-7-12-3-13(8-20)5-14(4-12)9-20/h1-2,6,12-14H,3-5,7-11H2,(H,22,25)(H,23,26). The van der Waals surface area contributed by atoms with E-state index in [4.69, 9.17) is 0 Å². The summed E-state index contributed by atoms with van der Waals surface area (Å²) in [5.41, 5.74) is -0.482. The average Bonchev–Trinajstić information content (AvgIpc) is 2.60. The highest BCUT2D eigenvalue weighted by atomic mass is 19.1. The van der Waals surface area contributed by atoms with Crippen molar-refractivity contribution in [2.24, 2.45) is 23.2 Å². The molecule has 4 bridgehead atoms. The summed E-state index contributed by atoms with van der Waals surface area (Å²) in [5.74, 6) is 0.693. The molecule has 4 aliphatic carbocycles. The van der Waals surface area contributed by atoms with Gasteiger partial charge in [0.15, 0.2) is 0 Å². The van der Waals surface area contributed by atoms with Gasteiger partial charge in [0.25, 0.3) is 0 Å². The number of anilines is 1. The summed E-state index contributed by atoms with van der Waals surface area (Å²) in [4.78, 5) is 34.4. The van der Waals surface area contributed by atoms with Crippen LogP contribution in [0, 0.1) is 39.1 Å². The van der Waals surface area contributed by atoms with Gasteiger partial charge in [-0.15, -0.1) is 0 Å². The van der Waals surface area contributed by atoms with Crippen LogP contribution in [0.4, 0.5) is 15.8 Å². The van der Waals surface area contributed by atoms with E-state index < -0.39 is 22.3 Å². The Morgan fingerprint density at radius 2 is 1.71 bits per heavy atom. The summed E-state index contributed by atoms with van der Waals surface area (Å²) in [7, 11) is 0. The van der Waals surface area contributed by atoms with Gasteiger partial charge in [-0.1, -0.05) is 0 Å². The molecule has 150 valence electrons. The van der Waals surface area contributed by atoms with Crippen molar-refractivity contribution in [1.29, 1.82) is 0 Å². The molecule has 0 aromatic heterocycles. The predicted octanol–water partition coefficient (Wildman–Crippen LogP) is 3.40. The van der Waals surface area contributed by atoms with E-state index in [0.29, 0.717) is 6.42 Å². The van der Waals surface area contributed by atoms with Crippen molar-refractivity contribution in [3.05, 3.63) is 34.1 Å². The van der Waals surface area contributed by atoms with E-state index in [2.05, 4.69) is 10.6 Å². The van der Waals surface area contributed by atoms with Crippen LogP contribution in [0.5, 0.6) is 0 Å².